The molecule has 0 atom stereocenters. The summed E-state index contributed by atoms with van der Waals surface area (Å²) in [6.45, 7) is 0. The summed E-state index contributed by atoms with van der Waals surface area (Å²) >= 11 is 0. The van der Waals surface area contributed by atoms with Crippen molar-refractivity contribution in [1.82, 2.24) is 5.01 Å². The maximum absolute atomic E-state index is 4.40. The van der Waals surface area contributed by atoms with Gasteiger partial charge in [0.1, 0.15) is 0 Å². The summed E-state index contributed by atoms with van der Waals surface area (Å²) in [6.07, 6.45) is 1.95. The highest BCUT2D eigenvalue weighted by Crippen LogP contribution is 2.27. The van der Waals surface area contributed by atoms with Crippen molar-refractivity contribution in [3.63, 3.8) is 0 Å². The van der Waals surface area contributed by atoms with Crippen molar-refractivity contribution < 1.29 is 0 Å². The normalized spacial score (nSPS) is 11.5. The van der Waals surface area contributed by atoms with Gasteiger partial charge in [0.15, 0.2) is 0 Å². The Labute approximate surface area is 113 Å². The van der Waals surface area contributed by atoms with Gasteiger partial charge in [-0.05, 0) is 27.6 Å². The van der Waals surface area contributed by atoms with Crippen LogP contribution in [0.1, 0.15) is 5.56 Å². The fraction of sp³-hybridized carbons (Fsp3) is 0.118. The van der Waals surface area contributed by atoms with Crippen molar-refractivity contribution in [2.75, 3.05) is 14.1 Å². The summed E-state index contributed by atoms with van der Waals surface area (Å²) < 4.78 is 0. The average molecular weight is 248 g/mol. The predicted octanol–water partition coefficient (Wildman–Crippen LogP) is 3.89. The Balaban J connectivity index is 2.39. The first-order valence-electron chi connectivity index (χ1n) is 6.37. The van der Waals surface area contributed by atoms with Gasteiger partial charge in [-0.2, -0.15) is 5.10 Å². The lowest BCUT2D eigenvalue weighted by molar-refractivity contribution is 0.440. The molecule has 0 N–H and O–H groups in total. The minimum atomic E-state index is 1.18. The molecule has 0 unspecified atom stereocenters. The van der Waals surface area contributed by atoms with Crippen LogP contribution in [0.25, 0.3) is 21.5 Å². The van der Waals surface area contributed by atoms with Gasteiger partial charge < -0.3 is 5.01 Å². The minimum Gasteiger partial charge on any atom is -0.303 e. The number of hydrogen-bond acceptors (Lipinski definition) is 2. The first-order chi connectivity index (χ1) is 9.25. The molecule has 19 heavy (non-hydrogen) atoms. The molecular formula is C17H16N2. The largest absolute Gasteiger partial charge is 0.303 e. The molecule has 0 saturated heterocycles. The highest BCUT2D eigenvalue weighted by molar-refractivity contribution is 6.13. The Morgan fingerprint density at radius 2 is 1.37 bits per heavy atom. The molecule has 0 heterocycles. The van der Waals surface area contributed by atoms with Gasteiger partial charge in [0, 0.05) is 19.7 Å². The zero-order chi connectivity index (χ0) is 13.2. The van der Waals surface area contributed by atoms with Crippen LogP contribution >= 0.6 is 0 Å². The second-order valence-electron chi connectivity index (χ2n) is 4.82. The molecule has 0 aliphatic heterocycles. The molecule has 3 aromatic rings. The van der Waals surface area contributed by atoms with Gasteiger partial charge in [0.2, 0.25) is 0 Å². The summed E-state index contributed by atoms with van der Waals surface area (Å²) in [6, 6.07) is 19.1. The molecule has 0 bridgehead atoms. The molecule has 0 aromatic heterocycles. The number of nitrogens with zero attached hydrogens (tertiary/aromatic N) is 2. The molecule has 3 rings (SSSR count). The molecule has 3 aromatic carbocycles. The highest BCUT2D eigenvalue weighted by Gasteiger charge is 2.05. The third kappa shape index (κ3) is 2.17. The first kappa shape index (κ1) is 11.7. The van der Waals surface area contributed by atoms with Gasteiger partial charge in [-0.3, -0.25) is 0 Å². The van der Waals surface area contributed by atoms with Crippen LogP contribution in [-0.4, -0.2) is 25.3 Å². The van der Waals surface area contributed by atoms with Crippen molar-refractivity contribution in [2.45, 2.75) is 0 Å². The molecule has 0 amide bonds. The van der Waals surface area contributed by atoms with Crippen molar-refractivity contribution in [2.24, 2.45) is 5.10 Å². The van der Waals surface area contributed by atoms with E-state index < -0.39 is 0 Å². The maximum Gasteiger partial charge on any atom is 0.0555 e. The smallest absolute Gasteiger partial charge is 0.0555 e. The predicted molar refractivity (Wildman–Crippen MR) is 82.7 cm³/mol. The molecule has 0 saturated carbocycles. The monoisotopic (exact) mass is 248 g/mol. The Kier molecular flexibility index (Phi) is 2.92. The Hall–Kier alpha value is -2.35. The van der Waals surface area contributed by atoms with E-state index in [-0.39, 0.29) is 0 Å². The van der Waals surface area contributed by atoms with Gasteiger partial charge >= 0.3 is 0 Å². The Morgan fingerprint density at radius 1 is 0.842 bits per heavy atom. The summed E-state index contributed by atoms with van der Waals surface area (Å²) in [7, 11) is 3.87. The lowest BCUT2D eigenvalue weighted by Crippen LogP contribution is -2.02. The van der Waals surface area contributed by atoms with Crippen molar-refractivity contribution in [1.29, 1.82) is 0 Å². The van der Waals surface area contributed by atoms with E-state index in [9.17, 15) is 0 Å². The molecule has 0 radical (unpaired) electrons. The van der Waals surface area contributed by atoms with E-state index in [1.165, 1.54) is 27.1 Å². The number of fused-ring (bicyclic) bond motifs is 2. The second-order valence-corrected chi connectivity index (χ2v) is 4.82. The summed E-state index contributed by atoms with van der Waals surface area (Å²) in [5, 5.41) is 11.2. The van der Waals surface area contributed by atoms with Crippen molar-refractivity contribution in [3.8, 4) is 0 Å². The lowest BCUT2D eigenvalue weighted by atomic mass is 9.97. The summed E-state index contributed by atoms with van der Waals surface area (Å²) in [5.74, 6) is 0. The molecule has 94 valence electrons. The van der Waals surface area contributed by atoms with Gasteiger partial charge in [0.25, 0.3) is 0 Å². The summed E-state index contributed by atoms with van der Waals surface area (Å²) in [4.78, 5) is 0. The van der Waals surface area contributed by atoms with E-state index >= 15 is 0 Å². The topological polar surface area (TPSA) is 15.6 Å². The second kappa shape index (κ2) is 4.73. The third-order valence-corrected chi connectivity index (χ3v) is 3.23. The molecule has 0 aliphatic carbocycles. The first-order valence-corrected chi connectivity index (χ1v) is 6.37. The van der Waals surface area contributed by atoms with Crippen LogP contribution in [0, 0.1) is 0 Å². The Morgan fingerprint density at radius 3 is 1.89 bits per heavy atom. The minimum absolute atomic E-state index is 1.18. The zero-order valence-electron chi connectivity index (χ0n) is 11.2. The Bertz CT molecular complexity index is 703. The molecule has 0 aliphatic rings. The van der Waals surface area contributed by atoms with Crippen molar-refractivity contribution >= 4 is 27.8 Å². The standard InChI is InChI=1S/C17H16N2/c1-19(2)18-12-17-15-9-5-3-7-13(15)11-14-8-4-6-10-16(14)17/h3-12H,1-2H3/b18-12+. The fourth-order valence-electron chi connectivity index (χ4n) is 2.36. The van der Waals surface area contributed by atoms with Gasteiger partial charge in [0.05, 0.1) is 6.21 Å². The number of hydrogen-bond donors (Lipinski definition) is 0. The van der Waals surface area contributed by atoms with E-state index in [2.05, 4.69) is 59.7 Å². The number of benzene rings is 3. The quantitative estimate of drug-likeness (QED) is 0.381. The maximum atomic E-state index is 4.40. The number of hydrazone groups is 1. The van der Waals surface area contributed by atoms with Crippen LogP contribution in [0.3, 0.4) is 0 Å². The molecular weight excluding hydrogens is 232 g/mol. The average Bonchev–Trinajstić information content (AvgIpc) is 2.43. The van der Waals surface area contributed by atoms with Gasteiger partial charge in [-0.1, -0.05) is 48.5 Å². The van der Waals surface area contributed by atoms with Crippen LogP contribution in [0.4, 0.5) is 0 Å². The van der Waals surface area contributed by atoms with Crippen molar-refractivity contribution in [3.05, 3.63) is 60.2 Å². The molecule has 0 fully saturated rings. The molecule has 2 nitrogen and oxygen atoms in total. The lowest BCUT2D eigenvalue weighted by Gasteiger charge is -2.09. The summed E-state index contributed by atoms with van der Waals surface area (Å²) in [5.41, 5.74) is 1.18. The van der Waals surface area contributed by atoms with Gasteiger partial charge in [-0.15, -0.1) is 0 Å². The molecule has 0 spiro atoms. The van der Waals surface area contributed by atoms with Crippen LogP contribution in [-0.2, 0) is 0 Å². The van der Waals surface area contributed by atoms with Crippen LogP contribution in [0.2, 0.25) is 0 Å². The molecule has 2 heteroatoms. The SMILES string of the molecule is CN(C)/N=C/c1c2ccccc2cc2ccccc12. The fourth-order valence-corrected chi connectivity index (χ4v) is 2.36. The zero-order valence-corrected chi connectivity index (χ0v) is 11.2. The van der Waals surface area contributed by atoms with E-state index in [0.717, 1.165) is 0 Å². The van der Waals surface area contributed by atoms with Gasteiger partial charge in [-0.25, -0.2) is 0 Å². The highest BCUT2D eigenvalue weighted by atomic mass is 15.4. The van der Waals surface area contributed by atoms with E-state index in [1.54, 1.807) is 0 Å². The number of rotatable bonds is 2. The third-order valence-electron chi connectivity index (χ3n) is 3.23. The van der Waals surface area contributed by atoms with E-state index in [0.29, 0.717) is 0 Å². The van der Waals surface area contributed by atoms with Crippen LogP contribution in [0.15, 0.2) is 59.7 Å². The van der Waals surface area contributed by atoms with E-state index in [4.69, 9.17) is 0 Å². The van der Waals surface area contributed by atoms with Crippen LogP contribution in [0.5, 0.6) is 0 Å². The van der Waals surface area contributed by atoms with Crippen LogP contribution < -0.4 is 0 Å². The van der Waals surface area contributed by atoms with E-state index in [1.807, 2.05) is 25.3 Å².